The highest BCUT2D eigenvalue weighted by atomic mass is 32.2. The van der Waals surface area contributed by atoms with Gasteiger partial charge in [-0.2, -0.15) is 11.8 Å². The lowest BCUT2D eigenvalue weighted by Gasteiger charge is -2.27. The van der Waals surface area contributed by atoms with Crippen LogP contribution in [0.3, 0.4) is 0 Å². The molecular formula is C12H15N5S. The van der Waals surface area contributed by atoms with Crippen molar-refractivity contribution in [1.82, 2.24) is 19.5 Å². The van der Waals surface area contributed by atoms with Gasteiger partial charge in [-0.25, -0.2) is 15.0 Å². The van der Waals surface area contributed by atoms with Crippen LogP contribution in [-0.2, 0) is 0 Å². The highest BCUT2D eigenvalue weighted by Gasteiger charge is 2.13. The minimum atomic E-state index is 0.883. The molecule has 0 aliphatic carbocycles. The SMILES string of the molecule is Cc1nccn1-c1cc(N2CCSCC2)ncn1. The Kier molecular flexibility index (Phi) is 3.19. The van der Waals surface area contributed by atoms with Crippen LogP contribution in [-0.4, -0.2) is 44.1 Å². The quantitative estimate of drug-likeness (QED) is 0.820. The third-order valence-electron chi connectivity index (χ3n) is 3.05. The van der Waals surface area contributed by atoms with Gasteiger partial charge in [0.15, 0.2) is 0 Å². The topological polar surface area (TPSA) is 46.8 Å². The number of hydrogen-bond acceptors (Lipinski definition) is 5. The molecule has 1 aliphatic heterocycles. The summed E-state index contributed by atoms with van der Waals surface area (Å²) < 4.78 is 1.98. The molecular weight excluding hydrogens is 246 g/mol. The van der Waals surface area contributed by atoms with Gasteiger partial charge < -0.3 is 4.90 Å². The molecule has 0 unspecified atom stereocenters. The predicted octanol–water partition coefficient (Wildman–Crippen LogP) is 1.52. The van der Waals surface area contributed by atoms with Crippen molar-refractivity contribution in [2.24, 2.45) is 0 Å². The molecule has 0 amide bonds. The molecule has 0 bridgehead atoms. The van der Waals surface area contributed by atoms with Crippen LogP contribution in [0.4, 0.5) is 5.82 Å². The first kappa shape index (κ1) is 11.5. The van der Waals surface area contributed by atoms with E-state index >= 15 is 0 Å². The molecule has 3 heterocycles. The molecule has 2 aromatic rings. The Bertz CT molecular complexity index is 533. The van der Waals surface area contributed by atoms with Gasteiger partial charge in [-0.3, -0.25) is 4.57 Å². The number of rotatable bonds is 2. The van der Waals surface area contributed by atoms with Crippen molar-refractivity contribution in [3.63, 3.8) is 0 Å². The summed E-state index contributed by atoms with van der Waals surface area (Å²) in [6.07, 6.45) is 5.34. The summed E-state index contributed by atoms with van der Waals surface area (Å²) in [6.45, 7) is 4.09. The summed E-state index contributed by atoms with van der Waals surface area (Å²) in [4.78, 5) is 15.2. The van der Waals surface area contributed by atoms with Gasteiger partial charge in [0.2, 0.25) is 0 Å². The van der Waals surface area contributed by atoms with E-state index in [1.54, 1.807) is 12.5 Å². The molecule has 2 aromatic heterocycles. The van der Waals surface area contributed by atoms with Gasteiger partial charge in [-0.1, -0.05) is 0 Å². The van der Waals surface area contributed by atoms with Crippen LogP contribution in [0.1, 0.15) is 5.82 Å². The number of aromatic nitrogens is 4. The van der Waals surface area contributed by atoms with E-state index in [2.05, 4.69) is 19.9 Å². The Balaban J connectivity index is 1.91. The minimum absolute atomic E-state index is 0.883. The molecule has 0 aromatic carbocycles. The average molecular weight is 261 g/mol. The molecule has 1 saturated heterocycles. The molecule has 94 valence electrons. The number of anilines is 1. The summed E-state index contributed by atoms with van der Waals surface area (Å²) in [5.41, 5.74) is 0. The maximum atomic E-state index is 4.37. The van der Waals surface area contributed by atoms with Crippen LogP contribution in [0, 0.1) is 6.92 Å². The second kappa shape index (κ2) is 4.97. The van der Waals surface area contributed by atoms with Gasteiger partial charge in [0.05, 0.1) is 0 Å². The van der Waals surface area contributed by atoms with Crippen molar-refractivity contribution in [1.29, 1.82) is 0 Å². The first-order valence-electron chi connectivity index (χ1n) is 5.99. The van der Waals surface area contributed by atoms with E-state index < -0.39 is 0 Å². The normalized spacial score (nSPS) is 15.9. The third kappa shape index (κ3) is 2.20. The van der Waals surface area contributed by atoms with Crippen molar-refractivity contribution in [2.75, 3.05) is 29.5 Å². The summed E-state index contributed by atoms with van der Waals surface area (Å²) >= 11 is 2.00. The van der Waals surface area contributed by atoms with E-state index in [-0.39, 0.29) is 0 Å². The largest absolute Gasteiger partial charge is 0.355 e. The van der Waals surface area contributed by atoms with Gasteiger partial charge >= 0.3 is 0 Å². The molecule has 3 rings (SSSR count). The highest BCUT2D eigenvalue weighted by molar-refractivity contribution is 7.99. The van der Waals surface area contributed by atoms with Gasteiger partial charge in [-0.05, 0) is 6.92 Å². The number of imidazole rings is 1. The second-order valence-corrected chi connectivity index (χ2v) is 5.40. The number of hydrogen-bond donors (Lipinski definition) is 0. The standard InChI is InChI=1S/C12H15N5S/c1-10-13-2-3-17(10)12-8-11(14-9-15-12)16-4-6-18-7-5-16/h2-3,8-9H,4-7H2,1H3. The van der Waals surface area contributed by atoms with Crippen LogP contribution in [0.25, 0.3) is 5.82 Å². The monoisotopic (exact) mass is 261 g/mol. The molecule has 6 heteroatoms. The van der Waals surface area contributed by atoms with Gasteiger partial charge in [-0.15, -0.1) is 0 Å². The zero-order chi connectivity index (χ0) is 12.4. The number of thioether (sulfide) groups is 1. The molecule has 0 saturated carbocycles. The Morgan fingerprint density at radius 1 is 1.11 bits per heavy atom. The molecule has 0 spiro atoms. The lowest BCUT2D eigenvalue weighted by atomic mass is 10.4. The Morgan fingerprint density at radius 3 is 2.61 bits per heavy atom. The molecule has 0 N–H and O–H groups in total. The first-order chi connectivity index (χ1) is 8.84. The van der Waals surface area contributed by atoms with Gasteiger partial charge in [0.1, 0.15) is 23.8 Å². The zero-order valence-corrected chi connectivity index (χ0v) is 11.1. The fourth-order valence-corrected chi connectivity index (χ4v) is 2.96. The Morgan fingerprint density at radius 2 is 1.89 bits per heavy atom. The average Bonchev–Trinajstić information content (AvgIpc) is 2.86. The van der Waals surface area contributed by atoms with E-state index in [1.165, 1.54) is 11.5 Å². The van der Waals surface area contributed by atoms with E-state index in [0.29, 0.717) is 0 Å². The van der Waals surface area contributed by atoms with Crippen molar-refractivity contribution in [2.45, 2.75) is 6.92 Å². The third-order valence-corrected chi connectivity index (χ3v) is 3.99. The Hall–Kier alpha value is -1.56. The van der Waals surface area contributed by atoms with Gasteiger partial charge in [0.25, 0.3) is 0 Å². The maximum Gasteiger partial charge on any atom is 0.143 e. The molecule has 0 atom stereocenters. The molecule has 1 aliphatic rings. The Labute approximate surface area is 110 Å². The summed E-state index contributed by atoms with van der Waals surface area (Å²) in [7, 11) is 0. The van der Waals surface area contributed by atoms with E-state index in [1.807, 2.05) is 35.5 Å². The number of nitrogens with zero attached hydrogens (tertiary/aromatic N) is 5. The van der Waals surface area contributed by atoms with Crippen LogP contribution in [0.2, 0.25) is 0 Å². The van der Waals surface area contributed by atoms with Crippen molar-refractivity contribution >= 4 is 17.6 Å². The van der Waals surface area contributed by atoms with E-state index in [4.69, 9.17) is 0 Å². The van der Waals surface area contributed by atoms with Crippen molar-refractivity contribution in [3.8, 4) is 5.82 Å². The maximum absolute atomic E-state index is 4.37. The van der Waals surface area contributed by atoms with Crippen LogP contribution in [0.5, 0.6) is 0 Å². The predicted molar refractivity (Wildman–Crippen MR) is 73.4 cm³/mol. The van der Waals surface area contributed by atoms with Crippen LogP contribution in [0.15, 0.2) is 24.8 Å². The van der Waals surface area contributed by atoms with Crippen LogP contribution >= 0.6 is 11.8 Å². The first-order valence-corrected chi connectivity index (χ1v) is 7.15. The highest BCUT2D eigenvalue weighted by Crippen LogP contribution is 2.18. The smallest absolute Gasteiger partial charge is 0.143 e. The van der Waals surface area contributed by atoms with Crippen molar-refractivity contribution < 1.29 is 0 Å². The van der Waals surface area contributed by atoms with E-state index in [0.717, 1.165) is 30.5 Å². The van der Waals surface area contributed by atoms with Gasteiger partial charge in [0, 0.05) is 43.1 Å². The van der Waals surface area contributed by atoms with E-state index in [9.17, 15) is 0 Å². The van der Waals surface area contributed by atoms with Crippen LogP contribution < -0.4 is 4.90 Å². The number of aryl methyl sites for hydroxylation is 1. The lowest BCUT2D eigenvalue weighted by Crippen LogP contribution is -2.33. The molecule has 0 radical (unpaired) electrons. The molecule has 1 fully saturated rings. The summed E-state index contributed by atoms with van der Waals surface area (Å²) in [5, 5.41) is 0. The lowest BCUT2D eigenvalue weighted by molar-refractivity contribution is 0.826. The zero-order valence-electron chi connectivity index (χ0n) is 10.3. The second-order valence-electron chi connectivity index (χ2n) is 4.18. The summed E-state index contributed by atoms with van der Waals surface area (Å²) in [6, 6.07) is 2.03. The molecule has 5 nitrogen and oxygen atoms in total. The fraction of sp³-hybridized carbons (Fsp3) is 0.417. The fourth-order valence-electron chi connectivity index (χ4n) is 2.05. The molecule has 18 heavy (non-hydrogen) atoms. The minimum Gasteiger partial charge on any atom is -0.355 e. The van der Waals surface area contributed by atoms with Crippen molar-refractivity contribution in [3.05, 3.63) is 30.6 Å². The summed E-state index contributed by atoms with van der Waals surface area (Å²) in [5.74, 6) is 5.17.